The fraction of sp³-hybridized carbons (Fsp3) is 0.321. The summed E-state index contributed by atoms with van der Waals surface area (Å²) in [5.41, 5.74) is 9.89. The van der Waals surface area contributed by atoms with Gasteiger partial charge in [-0.1, -0.05) is 67.6 Å². The van der Waals surface area contributed by atoms with E-state index in [0.717, 1.165) is 0 Å². The van der Waals surface area contributed by atoms with Crippen molar-refractivity contribution in [3.63, 3.8) is 0 Å². The second-order valence-corrected chi connectivity index (χ2v) is 17.8. The predicted octanol–water partition coefficient (Wildman–Crippen LogP) is 2.36. The normalized spacial score (nSPS) is 14.3. The molecule has 0 fully saturated rings. The maximum absolute atomic E-state index is 3.36. The summed E-state index contributed by atoms with van der Waals surface area (Å²) in [6.45, 7) is 17.7. The Hall–Kier alpha value is -0.790. The van der Waals surface area contributed by atoms with Crippen LogP contribution in [0.25, 0.3) is 21.9 Å². The number of fused-ring (bicyclic) bond motifs is 1. The average molecular weight is 561 g/mol. The van der Waals surface area contributed by atoms with Crippen molar-refractivity contribution in [2.24, 2.45) is 5.92 Å². The zero-order chi connectivity index (χ0) is 22.4. The quantitative estimate of drug-likeness (QED) is 0.317. The Morgan fingerprint density at radius 1 is 0.875 bits per heavy atom. The van der Waals surface area contributed by atoms with Gasteiger partial charge >= 0.3 is 41.9 Å². The third-order valence-corrected chi connectivity index (χ3v) is 5.67. The van der Waals surface area contributed by atoms with Gasteiger partial charge in [-0.25, -0.2) is 5.57 Å². The summed E-state index contributed by atoms with van der Waals surface area (Å²) in [4.78, 5) is 0. The molecule has 0 nitrogen and oxygen atoms in total. The summed E-state index contributed by atoms with van der Waals surface area (Å²) in [5.74, 6) is 0.560. The third kappa shape index (κ3) is 8.21. The molecule has 0 radical (unpaired) electrons. The number of hydrogen-bond acceptors (Lipinski definition) is 0. The molecule has 1 unspecified atom stereocenters. The fourth-order valence-electron chi connectivity index (χ4n) is 3.77. The molecule has 0 aliphatic heterocycles. The van der Waals surface area contributed by atoms with E-state index in [0.29, 0.717) is 5.92 Å². The molecule has 0 N–H and O–H groups in total. The molecule has 1 aliphatic rings. The maximum atomic E-state index is 3.36. The molecule has 1 aliphatic carbocycles. The van der Waals surface area contributed by atoms with Gasteiger partial charge in [-0.05, 0) is 13.8 Å². The van der Waals surface area contributed by atoms with Crippen molar-refractivity contribution in [1.82, 2.24) is 0 Å². The standard InChI is InChI=1S/C17H15.C9H13.C2H6Si.2ClH.Zr/c1-12-6-5-7-13(2)17(12)16-11-10-14-8-3-4-9-15(14)16;1-6-5-7(2)9(4)8(6)3;1-3-2;;;/h3-11H,1-2H3;6H,1-4H3;1-2H3;2*1H;/q2*-1;;;;+2/p-2. The molecule has 3 aromatic rings. The van der Waals surface area contributed by atoms with Crippen LogP contribution in [0.15, 0.2) is 71.3 Å². The Morgan fingerprint density at radius 3 is 1.84 bits per heavy atom. The van der Waals surface area contributed by atoms with Crippen molar-refractivity contribution >= 4 is 16.2 Å². The van der Waals surface area contributed by atoms with Gasteiger partial charge in [0, 0.05) is 0 Å². The van der Waals surface area contributed by atoms with Gasteiger partial charge in [-0.15, -0.1) is 53.6 Å². The Kier molecular flexibility index (Phi) is 14.1. The molecule has 1 atom stereocenters. The van der Waals surface area contributed by atoms with Gasteiger partial charge in [0.15, 0.2) is 0 Å². The van der Waals surface area contributed by atoms with E-state index in [4.69, 9.17) is 0 Å². The van der Waals surface area contributed by atoms with Crippen LogP contribution in [0.3, 0.4) is 0 Å². The van der Waals surface area contributed by atoms with E-state index in [1.807, 2.05) is 0 Å². The number of halogens is 2. The van der Waals surface area contributed by atoms with Crippen LogP contribution in [0, 0.1) is 25.8 Å². The number of aryl methyl sites for hydroxylation is 2. The predicted molar refractivity (Wildman–Crippen MR) is 132 cm³/mol. The maximum Gasteiger partial charge on any atom is -0.0400 e. The number of benzene rings is 2. The van der Waals surface area contributed by atoms with Crippen LogP contribution < -0.4 is 24.8 Å². The SMILES string of the molecule is CC1=[C-]C(C)C(C)=C1C.C[Si](C)=[Zr+2].Cc1cccc(C)c1-c1c[cH-]c2ccccc12.[Cl-].[Cl-]. The molecule has 32 heavy (non-hydrogen) atoms. The van der Waals surface area contributed by atoms with E-state index in [1.165, 1.54) is 49.7 Å². The summed E-state index contributed by atoms with van der Waals surface area (Å²) in [7, 11) is 0. The summed E-state index contributed by atoms with van der Waals surface area (Å²) in [6, 6.07) is 19.5. The van der Waals surface area contributed by atoms with Crippen LogP contribution >= 0.6 is 0 Å². The average Bonchev–Trinajstić information content (AvgIpc) is 3.19. The summed E-state index contributed by atoms with van der Waals surface area (Å²) in [5, 5.41) is 2.68. The van der Waals surface area contributed by atoms with Gasteiger partial charge in [0.1, 0.15) is 0 Å². The van der Waals surface area contributed by atoms with Crippen LogP contribution in [-0.2, 0) is 23.3 Å². The van der Waals surface area contributed by atoms with E-state index < -0.39 is 0 Å². The minimum absolute atomic E-state index is 0. The Bertz CT molecular complexity index is 1080. The number of allylic oxidation sites excluding steroid dienone is 4. The van der Waals surface area contributed by atoms with Crippen molar-refractivity contribution in [1.29, 1.82) is 0 Å². The van der Waals surface area contributed by atoms with Crippen LogP contribution in [0.2, 0.25) is 13.1 Å². The molecule has 0 spiro atoms. The largest absolute Gasteiger partial charge is 1.00 e. The van der Waals surface area contributed by atoms with Crippen molar-refractivity contribution in [3.05, 3.63) is 88.5 Å². The molecule has 0 heterocycles. The zero-order valence-electron chi connectivity index (χ0n) is 20.5. The van der Waals surface area contributed by atoms with E-state index in [9.17, 15) is 0 Å². The molecular formula is C28H34Cl2SiZr-2. The third-order valence-electron chi connectivity index (χ3n) is 5.67. The molecule has 0 saturated carbocycles. The minimum atomic E-state index is 0. The molecule has 4 heteroatoms. The van der Waals surface area contributed by atoms with Crippen LogP contribution in [0.4, 0.5) is 0 Å². The van der Waals surface area contributed by atoms with Crippen molar-refractivity contribution in [3.8, 4) is 11.1 Å². The molecule has 3 aromatic carbocycles. The Labute approximate surface area is 223 Å². The smallest absolute Gasteiger partial charge is 0.0400 e. The first-order chi connectivity index (χ1) is 14.1. The minimum Gasteiger partial charge on any atom is -1.00 e. The van der Waals surface area contributed by atoms with Crippen LogP contribution in [0.5, 0.6) is 0 Å². The van der Waals surface area contributed by atoms with E-state index in [-0.39, 0.29) is 30.2 Å². The van der Waals surface area contributed by atoms with Gasteiger partial charge in [-0.2, -0.15) is 11.1 Å². The second kappa shape index (κ2) is 14.5. The molecular weight excluding hydrogens is 527 g/mol. The second-order valence-electron chi connectivity index (χ2n) is 8.40. The summed E-state index contributed by atoms with van der Waals surface area (Å²) >= 11 is 1.74. The first-order valence-electron chi connectivity index (χ1n) is 10.6. The Morgan fingerprint density at radius 2 is 1.41 bits per heavy atom. The molecule has 170 valence electrons. The molecule has 0 saturated heterocycles. The van der Waals surface area contributed by atoms with Crippen molar-refractivity contribution in [2.45, 2.75) is 54.6 Å². The van der Waals surface area contributed by atoms with Gasteiger partial charge in [0.25, 0.3) is 0 Å². The number of hydrogen-bond donors (Lipinski definition) is 0. The first-order valence-corrected chi connectivity index (χ1v) is 16.8. The van der Waals surface area contributed by atoms with Gasteiger partial charge in [-0.3, -0.25) is 6.08 Å². The van der Waals surface area contributed by atoms with Gasteiger partial charge < -0.3 is 24.8 Å². The van der Waals surface area contributed by atoms with Crippen LogP contribution in [-0.4, -0.2) is 5.43 Å². The molecule has 0 aromatic heterocycles. The summed E-state index contributed by atoms with van der Waals surface area (Å²) in [6.07, 6.45) is 3.36. The molecule has 0 amide bonds. The molecule has 4 rings (SSSR count). The zero-order valence-corrected chi connectivity index (χ0v) is 25.5. The van der Waals surface area contributed by atoms with Gasteiger partial charge in [0.05, 0.1) is 0 Å². The fourth-order valence-corrected chi connectivity index (χ4v) is 3.77. The van der Waals surface area contributed by atoms with Crippen molar-refractivity contribution in [2.75, 3.05) is 0 Å². The van der Waals surface area contributed by atoms with E-state index in [1.54, 1.807) is 23.3 Å². The van der Waals surface area contributed by atoms with E-state index in [2.05, 4.69) is 115 Å². The Balaban J connectivity index is 0.000000547. The monoisotopic (exact) mass is 558 g/mol. The first kappa shape index (κ1) is 31.2. The van der Waals surface area contributed by atoms with Crippen LogP contribution in [0.1, 0.15) is 38.8 Å². The topological polar surface area (TPSA) is 0 Å². The summed E-state index contributed by atoms with van der Waals surface area (Å²) < 4.78 is 0. The van der Waals surface area contributed by atoms with E-state index >= 15 is 0 Å². The number of rotatable bonds is 1. The molecule has 0 bridgehead atoms. The van der Waals surface area contributed by atoms with Crippen molar-refractivity contribution < 1.29 is 48.1 Å². The van der Waals surface area contributed by atoms with Gasteiger partial charge in [0.2, 0.25) is 0 Å².